The highest BCUT2D eigenvalue weighted by Gasteiger charge is 2.19. The van der Waals surface area contributed by atoms with Gasteiger partial charge in [0.05, 0.1) is 0 Å². The van der Waals surface area contributed by atoms with Gasteiger partial charge < -0.3 is 9.64 Å². The molecule has 0 radical (unpaired) electrons. The Bertz CT molecular complexity index is 87.8. The van der Waals surface area contributed by atoms with E-state index in [-0.39, 0.29) is 6.54 Å². The van der Waals surface area contributed by atoms with Crippen LogP contribution in [0.3, 0.4) is 0 Å². The predicted molar refractivity (Wildman–Crippen MR) is 35.4 cm³/mol. The molecule has 0 fully saturated rings. The molecular weight excluding hydrogens is 140 g/mol. The van der Waals surface area contributed by atoms with Crippen molar-refractivity contribution >= 4 is 0 Å². The Morgan fingerprint density at radius 2 is 1.90 bits per heavy atom. The highest BCUT2D eigenvalue weighted by atomic mass is 19.3. The van der Waals surface area contributed by atoms with Crippen molar-refractivity contribution in [1.29, 1.82) is 0 Å². The Morgan fingerprint density at radius 3 is 2.00 bits per heavy atom. The molecule has 0 saturated heterocycles. The van der Waals surface area contributed by atoms with Crippen LogP contribution in [-0.4, -0.2) is 45.2 Å². The van der Waals surface area contributed by atoms with Crippen LogP contribution in [0.5, 0.6) is 0 Å². The number of hydrogen-bond donors (Lipinski definition) is 0. The molecule has 0 aliphatic rings. The lowest BCUT2D eigenvalue weighted by molar-refractivity contribution is -0.0429. The summed E-state index contributed by atoms with van der Waals surface area (Å²) in [5.74, 6) is 0. The number of rotatable bonds is 4. The second kappa shape index (κ2) is 4.57. The van der Waals surface area contributed by atoms with Crippen molar-refractivity contribution in [3.05, 3.63) is 0 Å². The zero-order chi connectivity index (χ0) is 8.15. The number of likely N-dealkylation sites (N-methyl/N-ethyl adjacent to an activating group) is 1. The highest BCUT2D eigenvalue weighted by Crippen LogP contribution is 2.04. The lowest BCUT2D eigenvalue weighted by atomic mass is 10.3. The lowest BCUT2D eigenvalue weighted by Crippen LogP contribution is -2.33. The van der Waals surface area contributed by atoms with Gasteiger partial charge in [-0.15, -0.1) is 0 Å². The second-order valence-electron chi connectivity index (χ2n) is 2.37. The van der Waals surface area contributed by atoms with Gasteiger partial charge in [-0.2, -0.15) is 0 Å². The van der Waals surface area contributed by atoms with Crippen molar-refractivity contribution < 1.29 is 13.5 Å². The first-order valence-electron chi connectivity index (χ1n) is 3.03. The summed E-state index contributed by atoms with van der Waals surface area (Å²) in [4.78, 5) is 1.67. The minimum absolute atomic E-state index is 0.258. The first-order valence-corrected chi connectivity index (χ1v) is 3.03. The van der Waals surface area contributed by atoms with E-state index in [0.29, 0.717) is 0 Å². The molecule has 0 aromatic carbocycles. The quantitative estimate of drug-likeness (QED) is 0.593. The van der Waals surface area contributed by atoms with E-state index in [4.69, 9.17) is 0 Å². The fourth-order valence-electron chi connectivity index (χ4n) is 0.617. The van der Waals surface area contributed by atoms with E-state index in [0.717, 1.165) is 0 Å². The summed E-state index contributed by atoms with van der Waals surface area (Å²) in [6.45, 7) is 0.258. The summed E-state index contributed by atoms with van der Waals surface area (Å²) in [6.07, 6.45) is -3.36. The zero-order valence-corrected chi connectivity index (χ0v) is 6.47. The van der Waals surface area contributed by atoms with Gasteiger partial charge in [0, 0.05) is 13.7 Å². The average molecular weight is 153 g/mol. The van der Waals surface area contributed by atoms with Crippen LogP contribution in [0.1, 0.15) is 0 Å². The number of halogens is 2. The molecule has 0 heterocycles. The van der Waals surface area contributed by atoms with Crippen LogP contribution in [0.2, 0.25) is 0 Å². The summed E-state index contributed by atoms with van der Waals surface area (Å²) in [7, 11) is 4.75. The topological polar surface area (TPSA) is 12.5 Å². The molecule has 1 atom stereocenters. The maximum Gasteiger partial charge on any atom is 0.265 e. The van der Waals surface area contributed by atoms with Crippen LogP contribution in [-0.2, 0) is 4.74 Å². The summed E-state index contributed by atoms with van der Waals surface area (Å²) < 4.78 is 28.3. The summed E-state index contributed by atoms with van der Waals surface area (Å²) >= 11 is 0. The number of hydrogen-bond acceptors (Lipinski definition) is 2. The van der Waals surface area contributed by atoms with Crippen LogP contribution in [0.4, 0.5) is 8.78 Å². The largest absolute Gasteiger partial charge is 0.374 e. The molecule has 0 aromatic rings. The molecule has 4 heteroatoms. The predicted octanol–water partition coefficient (Wildman–Crippen LogP) is 0.828. The van der Waals surface area contributed by atoms with Gasteiger partial charge in [0.1, 0.15) is 6.10 Å². The van der Waals surface area contributed by atoms with Crippen LogP contribution < -0.4 is 0 Å². The number of alkyl halides is 2. The molecule has 0 N–H and O–H groups in total. The van der Waals surface area contributed by atoms with Crippen LogP contribution in [0.25, 0.3) is 0 Å². The van der Waals surface area contributed by atoms with E-state index in [1.165, 1.54) is 7.11 Å². The Kier molecular flexibility index (Phi) is 4.47. The Hall–Kier alpha value is -0.220. The summed E-state index contributed by atoms with van der Waals surface area (Å²) in [5, 5.41) is 0. The van der Waals surface area contributed by atoms with Crippen molar-refractivity contribution in [2.75, 3.05) is 27.7 Å². The molecule has 10 heavy (non-hydrogen) atoms. The smallest absolute Gasteiger partial charge is 0.265 e. The van der Waals surface area contributed by atoms with Gasteiger partial charge in [-0.05, 0) is 14.1 Å². The molecular formula is C6H13F2NO. The fourth-order valence-corrected chi connectivity index (χ4v) is 0.617. The Labute approximate surface area is 59.8 Å². The molecule has 0 amide bonds. The molecule has 2 nitrogen and oxygen atoms in total. The third-order valence-corrected chi connectivity index (χ3v) is 1.13. The van der Waals surface area contributed by atoms with Crippen LogP contribution in [0.15, 0.2) is 0 Å². The van der Waals surface area contributed by atoms with Crippen LogP contribution in [0, 0.1) is 0 Å². The molecule has 0 spiro atoms. The maximum absolute atomic E-state index is 11.9. The Balaban J connectivity index is 3.60. The minimum Gasteiger partial charge on any atom is -0.374 e. The number of methoxy groups -OCH3 is 1. The molecule has 0 aromatic heterocycles. The van der Waals surface area contributed by atoms with Gasteiger partial charge in [-0.1, -0.05) is 0 Å². The second-order valence-corrected chi connectivity index (χ2v) is 2.37. The number of nitrogens with zero attached hydrogens (tertiary/aromatic N) is 1. The van der Waals surface area contributed by atoms with Gasteiger partial charge >= 0.3 is 0 Å². The van der Waals surface area contributed by atoms with E-state index < -0.39 is 12.5 Å². The van der Waals surface area contributed by atoms with Gasteiger partial charge in [0.15, 0.2) is 0 Å². The van der Waals surface area contributed by atoms with Crippen molar-refractivity contribution in [2.45, 2.75) is 12.5 Å². The van der Waals surface area contributed by atoms with E-state index in [1.54, 1.807) is 19.0 Å². The van der Waals surface area contributed by atoms with Crippen molar-refractivity contribution in [2.24, 2.45) is 0 Å². The fraction of sp³-hybridized carbons (Fsp3) is 1.00. The lowest BCUT2D eigenvalue weighted by Gasteiger charge is -2.18. The van der Waals surface area contributed by atoms with Gasteiger partial charge in [-0.3, -0.25) is 0 Å². The van der Waals surface area contributed by atoms with E-state index in [2.05, 4.69) is 4.74 Å². The van der Waals surface area contributed by atoms with Crippen molar-refractivity contribution in [3.8, 4) is 0 Å². The minimum atomic E-state index is -2.40. The first-order chi connectivity index (χ1) is 4.57. The van der Waals surface area contributed by atoms with Crippen molar-refractivity contribution in [1.82, 2.24) is 4.90 Å². The number of ether oxygens (including phenoxy) is 1. The molecule has 0 saturated carbocycles. The van der Waals surface area contributed by atoms with Crippen LogP contribution >= 0.6 is 0 Å². The van der Waals surface area contributed by atoms with Crippen molar-refractivity contribution in [3.63, 3.8) is 0 Å². The van der Waals surface area contributed by atoms with E-state index in [1.807, 2.05) is 0 Å². The highest BCUT2D eigenvalue weighted by molar-refractivity contribution is 4.62. The first kappa shape index (κ1) is 9.78. The Morgan fingerprint density at radius 1 is 1.40 bits per heavy atom. The summed E-state index contributed by atoms with van der Waals surface area (Å²) in [5.41, 5.74) is 0. The SMILES string of the molecule is COC(CN(C)C)C(F)F. The monoisotopic (exact) mass is 153 g/mol. The molecule has 0 aliphatic heterocycles. The molecule has 62 valence electrons. The molecule has 1 unspecified atom stereocenters. The van der Waals surface area contributed by atoms with Gasteiger partial charge in [0.25, 0.3) is 6.43 Å². The summed E-state index contributed by atoms with van der Waals surface area (Å²) in [6, 6.07) is 0. The molecule has 0 bridgehead atoms. The van der Waals surface area contributed by atoms with Gasteiger partial charge in [-0.25, -0.2) is 8.78 Å². The normalized spacial score (nSPS) is 14.7. The third kappa shape index (κ3) is 3.74. The van der Waals surface area contributed by atoms with E-state index in [9.17, 15) is 8.78 Å². The third-order valence-electron chi connectivity index (χ3n) is 1.13. The molecule has 0 rings (SSSR count). The average Bonchev–Trinajstić information content (AvgIpc) is 1.81. The van der Waals surface area contributed by atoms with Gasteiger partial charge in [0.2, 0.25) is 0 Å². The van der Waals surface area contributed by atoms with E-state index >= 15 is 0 Å². The zero-order valence-electron chi connectivity index (χ0n) is 6.47. The molecule has 0 aliphatic carbocycles. The standard InChI is InChI=1S/C6H13F2NO/c1-9(2)4-5(10-3)6(7)8/h5-6H,4H2,1-3H3. The maximum atomic E-state index is 11.9.